The summed E-state index contributed by atoms with van der Waals surface area (Å²) in [5.41, 5.74) is 2.54. The van der Waals surface area contributed by atoms with E-state index >= 15 is 0 Å². The molecule has 1 N–H and O–H groups in total. The van der Waals surface area contributed by atoms with Crippen LogP contribution in [0.2, 0.25) is 5.02 Å². The highest BCUT2D eigenvalue weighted by atomic mass is 79.9. The number of carbonyl (C=O) groups is 2. The molecule has 3 aromatic carbocycles. The Morgan fingerprint density at radius 1 is 0.975 bits per heavy atom. The summed E-state index contributed by atoms with van der Waals surface area (Å²) in [6, 6.07) is 20.9. The minimum atomic E-state index is -3.87. The van der Waals surface area contributed by atoms with E-state index in [2.05, 4.69) is 21.2 Å². The van der Waals surface area contributed by atoms with E-state index < -0.39 is 28.5 Å². The van der Waals surface area contributed by atoms with E-state index in [0.717, 1.165) is 32.6 Å². The molecule has 10 heteroatoms. The number of anilines is 1. The second-order valence-corrected chi connectivity index (χ2v) is 13.1. The van der Waals surface area contributed by atoms with Crippen LogP contribution in [-0.4, -0.2) is 50.0 Å². The third-order valence-corrected chi connectivity index (χ3v) is 8.79. The van der Waals surface area contributed by atoms with Gasteiger partial charge in [-0.2, -0.15) is 0 Å². The van der Waals surface area contributed by atoms with Crippen LogP contribution in [0.1, 0.15) is 37.0 Å². The van der Waals surface area contributed by atoms with Crippen molar-refractivity contribution in [2.45, 2.75) is 52.2 Å². The summed E-state index contributed by atoms with van der Waals surface area (Å²) >= 11 is 9.73. The molecule has 0 bridgehead atoms. The average Bonchev–Trinajstić information content (AvgIpc) is 2.91. The molecule has 0 fully saturated rings. The lowest BCUT2D eigenvalue weighted by Crippen LogP contribution is -2.54. The molecule has 0 aromatic heterocycles. The molecule has 0 spiro atoms. The highest BCUT2D eigenvalue weighted by molar-refractivity contribution is 9.10. The number of amides is 2. The van der Waals surface area contributed by atoms with E-state index in [9.17, 15) is 18.0 Å². The molecule has 0 heterocycles. The standard InChI is InChI=1S/C30H35BrClN3O4S/c1-5-21(2)33-30(37)28(18-23-10-7-6-8-11-23)34(19-24-14-16-25(31)17-15-24)29(36)20-35(40(4,38)39)27-13-9-12-26(32)22(27)3/h6-17,21,28H,5,18-20H2,1-4H3,(H,33,37)/t21-,28+/m0/s1. The first-order valence-electron chi connectivity index (χ1n) is 13.0. The summed E-state index contributed by atoms with van der Waals surface area (Å²) in [6.45, 7) is 5.21. The smallest absolute Gasteiger partial charge is 0.244 e. The van der Waals surface area contributed by atoms with Gasteiger partial charge < -0.3 is 10.2 Å². The van der Waals surface area contributed by atoms with Crippen LogP contribution >= 0.6 is 27.5 Å². The molecule has 3 aromatic rings. The minimum Gasteiger partial charge on any atom is -0.352 e. The van der Waals surface area contributed by atoms with E-state index in [0.29, 0.717) is 16.3 Å². The number of carbonyl (C=O) groups excluding carboxylic acids is 2. The van der Waals surface area contributed by atoms with Crippen LogP contribution in [-0.2, 0) is 32.6 Å². The molecule has 214 valence electrons. The molecular formula is C30H35BrClN3O4S. The molecule has 0 saturated heterocycles. The fourth-order valence-electron chi connectivity index (χ4n) is 4.24. The zero-order valence-corrected chi connectivity index (χ0v) is 26.3. The highest BCUT2D eigenvalue weighted by Crippen LogP contribution is 2.28. The fourth-order valence-corrected chi connectivity index (χ4v) is 5.58. The normalized spacial score (nSPS) is 12.8. The van der Waals surface area contributed by atoms with Crippen molar-refractivity contribution in [1.82, 2.24) is 10.2 Å². The van der Waals surface area contributed by atoms with Gasteiger partial charge in [-0.05, 0) is 61.2 Å². The lowest BCUT2D eigenvalue weighted by molar-refractivity contribution is -0.140. The molecule has 0 aliphatic rings. The van der Waals surface area contributed by atoms with E-state index in [1.54, 1.807) is 25.1 Å². The fraction of sp³-hybridized carbons (Fsp3) is 0.333. The van der Waals surface area contributed by atoms with Gasteiger partial charge >= 0.3 is 0 Å². The first-order valence-corrected chi connectivity index (χ1v) is 16.0. The number of halogens is 2. The van der Waals surface area contributed by atoms with Crippen molar-refractivity contribution in [3.63, 3.8) is 0 Å². The van der Waals surface area contributed by atoms with Crippen molar-refractivity contribution in [3.05, 3.63) is 99.0 Å². The Balaban J connectivity index is 2.08. The predicted molar refractivity (Wildman–Crippen MR) is 165 cm³/mol. The molecule has 7 nitrogen and oxygen atoms in total. The summed E-state index contributed by atoms with van der Waals surface area (Å²) in [5, 5.41) is 3.41. The van der Waals surface area contributed by atoms with Crippen molar-refractivity contribution >= 4 is 55.1 Å². The average molecular weight is 649 g/mol. The van der Waals surface area contributed by atoms with Crippen molar-refractivity contribution in [1.29, 1.82) is 0 Å². The summed E-state index contributed by atoms with van der Waals surface area (Å²) in [4.78, 5) is 29.3. The predicted octanol–water partition coefficient (Wildman–Crippen LogP) is 5.73. The number of rotatable bonds is 12. The van der Waals surface area contributed by atoms with Gasteiger partial charge in [0.2, 0.25) is 21.8 Å². The highest BCUT2D eigenvalue weighted by Gasteiger charge is 2.33. The summed E-state index contributed by atoms with van der Waals surface area (Å²) < 4.78 is 27.8. The quantitative estimate of drug-likeness (QED) is 0.272. The zero-order valence-electron chi connectivity index (χ0n) is 23.1. The topological polar surface area (TPSA) is 86.8 Å². The van der Waals surface area contributed by atoms with Crippen LogP contribution in [0.25, 0.3) is 0 Å². The Bertz CT molecular complexity index is 1420. The lowest BCUT2D eigenvalue weighted by Gasteiger charge is -2.34. The second-order valence-electron chi connectivity index (χ2n) is 9.83. The molecule has 40 heavy (non-hydrogen) atoms. The van der Waals surface area contributed by atoms with Gasteiger partial charge in [-0.15, -0.1) is 0 Å². The van der Waals surface area contributed by atoms with Gasteiger partial charge in [-0.3, -0.25) is 13.9 Å². The van der Waals surface area contributed by atoms with Crippen LogP contribution in [0.15, 0.2) is 77.3 Å². The van der Waals surface area contributed by atoms with Gasteiger partial charge in [0.25, 0.3) is 0 Å². The molecule has 2 atom stereocenters. The third-order valence-electron chi connectivity index (χ3n) is 6.73. The SMILES string of the molecule is CC[C@H](C)NC(=O)[C@@H](Cc1ccccc1)N(Cc1ccc(Br)cc1)C(=O)CN(c1cccc(Cl)c1C)S(C)(=O)=O. The van der Waals surface area contributed by atoms with E-state index in [1.165, 1.54) is 4.90 Å². The van der Waals surface area contributed by atoms with Crippen LogP contribution in [0, 0.1) is 6.92 Å². The molecule has 0 aliphatic carbocycles. The Morgan fingerprint density at radius 3 is 2.23 bits per heavy atom. The number of sulfonamides is 1. The van der Waals surface area contributed by atoms with Crippen molar-refractivity contribution in [2.75, 3.05) is 17.1 Å². The molecule has 0 radical (unpaired) electrons. The summed E-state index contributed by atoms with van der Waals surface area (Å²) in [6.07, 6.45) is 2.04. The Hall–Kier alpha value is -2.88. The monoisotopic (exact) mass is 647 g/mol. The van der Waals surface area contributed by atoms with Gasteiger partial charge in [-0.25, -0.2) is 8.42 Å². The molecule has 0 aliphatic heterocycles. The number of nitrogens with one attached hydrogen (secondary N) is 1. The van der Waals surface area contributed by atoms with E-state index in [1.807, 2.05) is 68.4 Å². The second kappa shape index (κ2) is 14.1. The van der Waals surface area contributed by atoms with Crippen molar-refractivity contribution in [3.8, 4) is 0 Å². The maximum atomic E-state index is 14.1. The maximum absolute atomic E-state index is 14.1. The zero-order chi connectivity index (χ0) is 29.4. The van der Waals surface area contributed by atoms with E-state index in [4.69, 9.17) is 11.6 Å². The summed E-state index contributed by atoms with van der Waals surface area (Å²) in [7, 11) is -3.87. The first kappa shape index (κ1) is 31.6. The largest absolute Gasteiger partial charge is 0.352 e. The Kier molecular flexibility index (Phi) is 11.2. The number of benzene rings is 3. The third kappa shape index (κ3) is 8.56. The lowest BCUT2D eigenvalue weighted by atomic mass is 10.0. The van der Waals surface area contributed by atoms with Gasteiger partial charge in [0.1, 0.15) is 12.6 Å². The van der Waals surface area contributed by atoms with Gasteiger partial charge in [0, 0.05) is 28.5 Å². The van der Waals surface area contributed by atoms with Gasteiger partial charge in [0.15, 0.2) is 0 Å². The first-order chi connectivity index (χ1) is 18.9. The minimum absolute atomic E-state index is 0.1000. The van der Waals surface area contributed by atoms with Crippen molar-refractivity contribution in [2.24, 2.45) is 0 Å². The number of hydrogen-bond acceptors (Lipinski definition) is 4. The number of hydrogen-bond donors (Lipinski definition) is 1. The number of nitrogens with zero attached hydrogens (tertiary/aromatic N) is 2. The van der Waals surface area contributed by atoms with Crippen LogP contribution in [0.3, 0.4) is 0 Å². The molecular weight excluding hydrogens is 614 g/mol. The summed E-state index contributed by atoms with van der Waals surface area (Å²) in [5.74, 6) is -0.804. The van der Waals surface area contributed by atoms with Crippen molar-refractivity contribution < 1.29 is 18.0 Å². The molecule has 3 rings (SSSR count). The van der Waals surface area contributed by atoms with Crippen LogP contribution in [0.5, 0.6) is 0 Å². The Labute approximate surface area is 250 Å². The molecule has 0 saturated carbocycles. The Morgan fingerprint density at radius 2 is 1.62 bits per heavy atom. The van der Waals surface area contributed by atoms with Gasteiger partial charge in [-0.1, -0.05) is 83.0 Å². The molecule has 0 unspecified atom stereocenters. The van der Waals surface area contributed by atoms with Crippen LogP contribution in [0.4, 0.5) is 5.69 Å². The van der Waals surface area contributed by atoms with Gasteiger partial charge in [0.05, 0.1) is 11.9 Å². The van der Waals surface area contributed by atoms with E-state index in [-0.39, 0.29) is 24.9 Å². The maximum Gasteiger partial charge on any atom is 0.244 e. The molecule has 2 amide bonds. The van der Waals surface area contributed by atoms with Crippen LogP contribution < -0.4 is 9.62 Å².